The maximum atomic E-state index is 5.91. The Balaban J connectivity index is 3.98. The summed E-state index contributed by atoms with van der Waals surface area (Å²) >= 11 is 5.91. The Kier molecular flexibility index (Phi) is 6.88. The van der Waals surface area contributed by atoms with Crippen LogP contribution < -0.4 is 0 Å². The van der Waals surface area contributed by atoms with Gasteiger partial charge < -0.3 is 0 Å². The molecule has 0 unspecified atom stereocenters. The van der Waals surface area contributed by atoms with Gasteiger partial charge in [-0.3, -0.25) is 0 Å². The molecule has 0 aromatic heterocycles. The Morgan fingerprint density at radius 1 is 1.33 bits per heavy atom. The Hall–Kier alpha value is -0.490. The lowest BCUT2D eigenvalue weighted by Crippen LogP contribution is -1.68. The molecule has 0 heterocycles. The van der Waals surface area contributed by atoms with Crippen LogP contribution in [0.25, 0.3) is 0 Å². The van der Waals surface area contributed by atoms with Gasteiger partial charge >= 0.3 is 0 Å². The Labute approximate surface area is 80.6 Å². The van der Waals surface area contributed by atoms with E-state index in [1.807, 2.05) is 25.2 Å². The van der Waals surface area contributed by atoms with Crippen molar-refractivity contribution < 1.29 is 0 Å². The van der Waals surface area contributed by atoms with Gasteiger partial charge in [0.2, 0.25) is 0 Å². The first-order chi connectivity index (χ1) is 5.70. The molecule has 0 aliphatic rings. The Bertz CT molecular complexity index is 197. The van der Waals surface area contributed by atoms with Crippen molar-refractivity contribution in [2.75, 3.05) is 0 Å². The van der Waals surface area contributed by atoms with Crippen LogP contribution in [0.4, 0.5) is 0 Å². The van der Waals surface area contributed by atoms with Crippen LogP contribution in [0.1, 0.15) is 33.6 Å². The fraction of sp³-hybridized carbons (Fsp3) is 0.455. The van der Waals surface area contributed by atoms with E-state index in [4.69, 9.17) is 11.6 Å². The molecule has 0 atom stereocenters. The quantitative estimate of drug-likeness (QED) is 0.567. The summed E-state index contributed by atoms with van der Waals surface area (Å²) in [5, 5.41) is 0.832. The van der Waals surface area contributed by atoms with Crippen LogP contribution in [0.5, 0.6) is 0 Å². The lowest BCUT2D eigenvalue weighted by molar-refractivity contribution is 0.957. The largest absolute Gasteiger partial charge is 0.0847 e. The number of halogens is 1. The van der Waals surface area contributed by atoms with Crippen LogP contribution in [-0.2, 0) is 0 Å². The highest BCUT2D eigenvalue weighted by molar-refractivity contribution is 6.31. The molecule has 0 amide bonds. The van der Waals surface area contributed by atoms with Gasteiger partial charge in [-0.25, -0.2) is 0 Å². The fourth-order valence-corrected chi connectivity index (χ4v) is 0.830. The van der Waals surface area contributed by atoms with Gasteiger partial charge in [-0.15, -0.1) is 0 Å². The number of hydrogen-bond donors (Lipinski definition) is 0. The lowest BCUT2D eigenvalue weighted by atomic mass is 10.2. The lowest BCUT2D eigenvalue weighted by Gasteiger charge is -1.90. The average molecular weight is 185 g/mol. The summed E-state index contributed by atoms with van der Waals surface area (Å²) in [5.41, 5.74) is 1.23. The molecular formula is C11H17Cl. The fourth-order valence-electron chi connectivity index (χ4n) is 0.658. The van der Waals surface area contributed by atoms with Crippen molar-refractivity contribution in [3.63, 3.8) is 0 Å². The van der Waals surface area contributed by atoms with Crippen molar-refractivity contribution in [1.82, 2.24) is 0 Å². The number of rotatable bonds is 4. The van der Waals surface area contributed by atoms with Gasteiger partial charge in [0.1, 0.15) is 0 Å². The molecule has 1 heteroatoms. The summed E-state index contributed by atoms with van der Waals surface area (Å²) in [6.45, 7) is 6.21. The third-order valence-electron chi connectivity index (χ3n) is 1.59. The topological polar surface area (TPSA) is 0 Å². The summed E-state index contributed by atoms with van der Waals surface area (Å²) in [6, 6.07) is 0. The molecule has 0 radical (unpaired) electrons. The molecule has 0 rings (SSSR count). The molecule has 0 fully saturated rings. The van der Waals surface area contributed by atoms with Crippen LogP contribution in [0.15, 0.2) is 34.9 Å². The van der Waals surface area contributed by atoms with Gasteiger partial charge in [0, 0.05) is 5.03 Å². The molecule has 0 saturated heterocycles. The van der Waals surface area contributed by atoms with E-state index in [-0.39, 0.29) is 0 Å². The molecule has 0 nitrogen and oxygen atoms in total. The smallest absolute Gasteiger partial charge is 0.0366 e. The SMILES string of the molecule is CC=C(C)C=CC(Cl)=CCCC. The average Bonchev–Trinajstić information content (AvgIpc) is 2.10. The minimum atomic E-state index is 0.832. The maximum Gasteiger partial charge on any atom is 0.0366 e. The summed E-state index contributed by atoms with van der Waals surface area (Å²) in [7, 11) is 0. The highest BCUT2D eigenvalue weighted by Gasteiger charge is 1.84. The second kappa shape index (κ2) is 7.17. The van der Waals surface area contributed by atoms with Gasteiger partial charge in [-0.2, -0.15) is 0 Å². The minimum Gasteiger partial charge on any atom is -0.0847 e. The molecule has 0 N–H and O–H groups in total. The predicted molar refractivity (Wildman–Crippen MR) is 57.4 cm³/mol. The van der Waals surface area contributed by atoms with Gasteiger partial charge in [-0.05, 0) is 26.3 Å². The van der Waals surface area contributed by atoms with Crippen molar-refractivity contribution in [1.29, 1.82) is 0 Å². The van der Waals surface area contributed by atoms with Crippen molar-refractivity contribution in [3.8, 4) is 0 Å². The first-order valence-electron chi connectivity index (χ1n) is 4.37. The summed E-state index contributed by atoms with van der Waals surface area (Å²) in [4.78, 5) is 0. The van der Waals surface area contributed by atoms with E-state index < -0.39 is 0 Å². The molecule has 0 saturated carbocycles. The summed E-state index contributed by atoms with van der Waals surface area (Å²) in [6.07, 6.45) is 10.3. The van der Waals surface area contributed by atoms with E-state index in [2.05, 4.69) is 19.9 Å². The van der Waals surface area contributed by atoms with Gasteiger partial charge in [0.05, 0.1) is 0 Å². The highest BCUT2D eigenvalue weighted by atomic mass is 35.5. The predicted octanol–water partition coefficient (Wildman–Crippen LogP) is 4.43. The van der Waals surface area contributed by atoms with Crippen LogP contribution >= 0.6 is 11.6 Å². The van der Waals surface area contributed by atoms with Crippen molar-refractivity contribution in [2.24, 2.45) is 0 Å². The standard InChI is InChI=1S/C11H17Cl/c1-4-6-7-11(12)9-8-10(3)5-2/h5,7-9H,4,6H2,1-3H3. The summed E-state index contributed by atoms with van der Waals surface area (Å²) < 4.78 is 0. The second-order valence-electron chi connectivity index (χ2n) is 2.74. The van der Waals surface area contributed by atoms with E-state index in [9.17, 15) is 0 Å². The Morgan fingerprint density at radius 3 is 2.50 bits per heavy atom. The van der Waals surface area contributed by atoms with E-state index >= 15 is 0 Å². The molecule has 0 aromatic carbocycles. The zero-order chi connectivity index (χ0) is 9.40. The van der Waals surface area contributed by atoms with E-state index in [0.717, 1.165) is 17.9 Å². The molecule has 68 valence electrons. The van der Waals surface area contributed by atoms with Crippen LogP contribution in [0, 0.1) is 0 Å². The van der Waals surface area contributed by atoms with E-state index in [0.29, 0.717) is 0 Å². The van der Waals surface area contributed by atoms with Crippen LogP contribution in [0.3, 0.4) is 0 Å². The molecule has 0 aromatic rings. The third-order valence-corrected chi connectivity index (χ3v) is 1.87. The third kappa shape index (κ3) is 6.23. The summed E-state index contributed by atoms with van der Waals surface area (Å²) in [5.74, 6) is 0. The first-order valence-corrected chi connectivity index (χ1v) is 4.75. The molecule has 0 bridgehead atoms. The zero-order valence-corrected chi connectivity index (χ0v) is 8.86. The van der Waals surface area contributed by atoms with Gasteiger partial charge in [0.25, 0.3) is 0 Å². The number of hydrogen-bond acceptors (Lipinski definition) is 0. The zero-order valence-electron chi connectivity index (χ0n) is 8.10. The van der Waals surface area contributed by atoms with E-state index in [1.165, 1.54) is 5.57 Å². The second-order valence-corrected chi connectivity index (χ2v) is 3.18. The van der Waals surface area contributed by atoms with Crippen molar-refractivity contribution in [3.05, 3.63) is 34.9 Å². The molecule has 0 aliphatic heterocycles. The van der Waals surface area contributed by atoms with E-state index in [1.54, 1.807) is 0 Å². The Morgan fingerprint density at radius 2 is 2.00 bits per heavy atom. The number of allylic oxidation sites excluding steroid dienone is 6. The highest BCUT2D eigenvalue weighted by Crippen LogP contribution is 2.07. The molecule has 0 aliphatic carbocycles. The van der Waals surface area contributed by atoms with Crippen LogP contribution in [-0.4, -0.2) is 0 Å². The van der Waals surface area contributed by atoms with Crippen molar-refractivity contribution in [2.45, 2.75) is 33.6 Å². The molecule has 12 heavy (non-hydrogen) atoms. The number of unbranched alkanes of at least 4 members (excludes halogenated alkanes) is 1. The minimum absolute atomic E-state index is 0.832. The van der Waals surface area contributed by atoms with Gasteiger partial charge in [-0.1, -0.05) is 48.7 Å². The first kappa shape index (κ1) is 11.5. The maximum absolute atomic E-state index is 5.91. The van der Waals surface area contributed by atoms with Crippen LogP contribution in [0.2, 0.25) is 0 Å². The monoisotopic (exact) mass is 184 g/mol. The van der Waals surface area contributed by atoms with Crippen molar-refractivity contribution >= 4 is 11.6 Å². The normalized spacial score (nSPS) is 14.3. The molecule has 0 spiro atoms. The molecular weight excluding hydrogens is 168 g/mol. The van der Waals surface area contributed by atoms with Gasteiger partial charge in [0.15, 0.2) is 0 Å².